The van der Waals surface area contributed by atoms with Crippen molar-refractivity contribution >= 4 is 43.4 Å². The van der Waals surface area contributed by atoms with Gasteiger partial charge in [-0.15, -0.1) is 0 Å². The molecule has 0 unspecified atom stereocenters. The molecule has 0 amide bonds. The van der Waals surface area contributed by atoms with E-state index in [4.69, 9.17) is 4.98 Å². The molecule has 0 spiro atoms. The highest BCUT2D eigenvalue weighted by Gasteiger charge is 2.42. The maximum absolute atomic E-state index is 14.0. The molecule has 4 aromatic carbocycles. The fourth-order valence-corrected chi connectivity index (χ4v) is 12.6. The molecule has 382 valence electrons. The van der Waals surface area contributed by atoms with E-state index in [0.29, 0.717) is 60.7 Å². The molecule has 2 N–H and O–H groups in total. The molecule has 0 radical (unpaired) electrons. The van der Waals surface area contributed by atoms with Crippen molar-refractivity contribution < 1.29 is 14.9 Å². The second-order valence-corrected chi connectivity index (χ2v) is 21.5. The minimum atomic E-state index is -0.753. The van der Waals surface area contributed by atoms with E-state index in [2.05, 4.69) is 38.1 Å². The Balaban J connectivity index is 0.000000161. The summed E-state index contributed by atoms with van der Waals surface area (Å²) in [5.41, 5.74) is 3.24. The van der Waals surface area contributed by atoms with Gasteiger partial charge in [0.1, 0.15) is 17.4 Å². The number of benzene rings is 4. The molecule has 2 aliphatic heterocycles. The number of nitriles is 2. The number of hydrogen-bond acceptors (Lipinski definition) is 12. The topological polar surface area (TPSA) is 210 Å². The Morgan fingerprint density at radius 1 is 0.573 bits per heavy atom. The molecule has 15 nitrogen and oxygen atoms in total. The van der Waals surface area contributed by atoms with Gasteiger partial charge < -0.3 is 20.1 Å². The first-order valence-electron chi connectivity index (χ1n) is 26.7. The molecule has 2 saturated heterocycles. The van der Waals surface area contributed by atoms with E-state index in [1.54, 1.807) is 34.2 Å². The van der Waals surface area contributed by atoms with Crippen LogP contribution in [0.4, 0.5) is 0 Å². The van der Waals surface area contributed by atoms with Crippen LogP contribution in [0, 0.1) is 27.9 Å². The summed E-state index contributed by atoms with van der Waals surface area (Å²) in [6, 6.07) is 35.6. The first kappa shape index (κ1) is 49.9. The predicted octanol–water partition coefficient (Wildman–Crippen LogP) is 8.97. The van der Waals surface area contributed by atoms with Crippen molar-refractivity contribution in [3.8, 4) is 12.1 Å². The second-order valence-electron chi connectivity index (χ2n) is 21.5. The van der Waals surface area contributed by atoms with E-state index in [-0.39, 0.29) is 29.7 Å². The van der Waals surface area contributed by atoms with Gasteiger partial charge in [0.25, 0.3) is 11.1 Å². The van der Waals surface area contributed by atoms with Crippen LogP contribution in [0.1, 0.15) is 112 Å². The van der Waals surface area contributed by atoms with Crippen LogP contribution in [-0.4, -0.2) is 87.2 Å². The zero-order chi connectivity index (χ0) is 51.7. The summed E-state index contributed by atoms with van der Waals surface area (Å²) in [7, 11) is 0. The fraction of sp³-hybridized carbons (Fsp3) is 0.400. The van der Waals surface area contributed by atoms with E-state index < -0.39 is 27.7 Å². The molecule has 2 aliphatic carbocycles. The van der Waals surface area contributed by atoms with Crippen molar-refractivity contribution in [2.75, 3.05) is 26.2 Å². The molecule has 4 fully saturated rings. The number of piperidine rings is 2. The summed E-state index contributed by atoms with van der Waals surface area (Å²) >= 11 is 0. The lowest BCUT2D eigenvalue weighted by Gasteiger charge is -2.49. The zero-order valence-corrected chi connectivity index (χ0v) is 42.2. The summed E-state index contributed by atoms with van der Waals surface area (Å²) in [6.07, 6.45) is 14.7. The lowest BCUT2D eigenvalue weighted by molar-refractivity contribution is -0.899. The van der Waals surface area contributed by atoms with Crippen molar-refractivity contribution in [1.82, 2.24) is 34.0 Å². The number of hydroxylamine groups is 3. The van der Waals surface area contributed by atoms with Crippen LogP contribution in [0.15, 0.2) is 132 Å². The number of aliphatic hydroxyl groups excluding tert-OH is 2. The molecule has 2 saturated carbocycles. The van der Waals surface area contributed by atoms with Gasteiger partial charge in [0.05, 0.1) is 95.4 Å². The maximum atomic E-state index is 14.0. The van der Waals surface area contributed by atoms with Gasteiger partial charge in [0.15, 0.2) is 0 Å². The highest BCUT2D eigenvalue weighted by molar-refractivity contribution is 6.07. The predicted molar refractivity (Wildman–Crippen MR) is 288 cm³/mol. The van der Waals surface area contributed by atoms with Crippen LogP contribution in [0.3, 0.4) is 0 Å². The van der Waals surface area contributed by atoms with Gasteiger partial charge in [-0.3, -0.25) is 33.6 Å². The summed E-state index contributed by atoms with van der Waals surface area (Å²) in [4.78, 5) is 48.1. The smallest absolute Gasteiger partial charge is 0.261 e. The Hall–Kier alpha value is -7.24. The van der Waals surface area contributed by atoms with Gasteiger partial charge in [0, 0.05) is 61.2 Å². The molecule has 15 heteroatoms. The van der Waals surface area contributed by atoms with Gasteiger partial charge in [-0.05, 0) is 91.3 Å². The Morgan fingerprint density at radius 3 is 1.48 bits per heavy atom. The number of aliphatic hydroxyl groups is 2. The second kappa shape index (κ2) is 20.8. The van der Waals surface area contributed by atoms with Crippen molar-refractivity contribution in [1.29, 1.82) is 10.5 Å². The van der Waals surface area contributed by atoms with E-state index in [1.165, 1.54) is 0 Å². The molecule has 6 heterocycles. The lowest BCUT2D eigenvalue weighted by atomic mass is 9.76. The van der Waals surface area contributed by atoms with E-state index in [9.17, 15) is 35.5 Å². The normalized spacial score (nSPS) is 25.0. The molecular formula is C60H62N10O5. The van der Waals surface area contributed by atoms with Crippen molar-refractivity contribution in [3.05, 3.63) is 171 Å². The Kier molecular flexibility index (Phi) is 13.9. The maximum Gasteiger partial charge on any atom is 0.261 e. The first-order chi connectivity index (χ1) is 36.5. The summed E-state index contributed by atoms with van der Waals surface area (Å²) in [5, 5.41) is 60.2. The zero-order valence-electron chi connectivity index (χ0n) is 42.2. The van der Waals surface area contributed by atoms with E-state index >= 15 is 0 Å². The first-order valence-corrected chi connectivity index (χ1v) is 26.7. The number of likely N-dealkylation sites (tertiary alicyclic amines) is 2. The van der Waals surface area contributed by atoms with Gasteiger partial charge in [-0.2, -0.15) is 10.5 Å². The lowest BCUT2D eigenvalue weighted by Crippen LogP contribution is -2.52. The van der Waals surface area contributed by atoms with Crippen LogP contribution in [-0.2, 0) is 23.9 Å². The molecular weight excluding hydrogens is 941 g/mol. The van der Waals surface area contributed by atoms with Crippen LogP contribution in [0.5, 0.6) is 0 Å². The average Bonchev–Trinajstić information content (AvgIpc) is 3.45. The Morgan fingerprint density at radius 2 is 1.01 bits per heavy atom. The van der Waals surface area contributed by atoms with Gasteiger partial charge >= 0.3 is 0 Å². The number of pyridine rings is 2. The number of quaternary nitrogens is 1. The van der Waals surface area contributed by atoms with Gasteiger partial charge in [-0.25, -0.2) is 9.97 Å². The molecule has 0 bridgehead atoms. The highest BCUT2D eigenvalue weighted by Crippen LogP contribution is 2.40. The molecule has 75 heavy (non-hydrogen) atoms. The van der Waals surface area contributed by atoms with Crippen molar-refractivity contribution in [3.63, 3.8) is 0 Å². The number of hydrogen-bond donors (Lipinski definition) is 2. The van der Waals surface area contributed by atoms with E-state index in [1.807, 2.05) is 91.0 Å². The van der Waals surface area contributed by atoms with Crippen molar-refractivity contribution in [2.24, 2.45) is 0 Å². The van der Waals surface area contributed by atoms with Crippen LogP contribution < -0.4 is 11.1 Å². The molecule has 4 aromatic heterocycles. The largest absolute Gasteiger partial charge is 0.633 e. The van der Waals surface area contributed by atoms with Gasteiger partial charge in [0.2, 0.25) is 0 Å². The number of nitrogens with zero attached hydrogens (tertiary/aromatic N) is 10. The van der Waals surface area contributed by atoms with Crippen molar-refractivity contribution in [2.45, 2.75) is 125 Å². The van der Waals surface area contributed by atoms with Crippen LogP contribution >= 0.6 is 0 Å². The summed E-state index contributed by atoms with van der Waals surface area (Å²) in [6.45, 7) is 3.05. The minimum absolute atomic E-state index is 0.0831. The fourth-order valence-electron chi connectivity index (χ4n) is 12.6. The standard InChI is InChI=1S/C30H31N5O3.C30H31N5O2/c31-19-30(27-11-5-6-14-32-27)12-15-35(38,16-13-30)18-21-17-24-28(23-8-2-1-7-22(21)23)33-20-34(29(24)37)25-9-3-4-10-26(25)36;31-19-30(27-11-5-6-14-32-27)12-15-34(16-13-30)18-21-17-24-28(23-8-2-1-7-22(21)23)33-20-35(29(24)37)25-9-3-4-10-26(25)36/h1-2,5-8,11,14,17,20,25-26,36H,3-4,9-10,12-13,15-16,18H2;1-2,5-8,11,14,17,20,25-26,36H,3-4,9-10,12-13,15-16,18H2/t25-,26-,30?,35?;25-,26-/m00/s1. The number of aromatic nitrogens is 6. The van der Waals surface area contributed by atoms with E-state index in [0.717, 1.165) is 115 Å². The van der Waals surface area contributed by atoms with Gasteiger partial charge in [-0.1, -0.05) is 86.3 Å². The SMILES string of the molecule is N#CC1(c2ccccn2)CCN(Cc2cc3c(=O)n([C@H]4CCCC[C@@H]4O)cnc3c3ccccc23)CC1.N#CC1(c2ccccn2)CC[N+]([O-])(Cc2cc3c(=O)n([C@H]4CCCC[C@@H]4O)cnc3c3ccccc23)CC1. The quantitative estimate of drug-likeness (QED) is 0.0830. The monoisotopic (exact) mass is 1000 g/mol. The Bertz CT molecular complexity index is 3590. The molecule has 4 aliphatic rings. The highest BCUT2D eigenvalue weighted by atomic mass is 16.5. The third-order valence-electron chi connectivity index (χ3n) is 17.1. The molecule has 12 rings (SSSR count). The molecule has 8 aromatic rings. The third kappa shape index (κ3) is 9.49. The number of rotatable bonds is 8. The minimum Gasteiger partial charge on any atom is -0.633 e. The molecule has 4 atom stereocenters. The van der Waals surface area contributed by atoms with Crippen LogP contribution in [0.2, 0.25) is 0 Å². The summed E-state index contributed by atoms with van der Waals surface area (Å²) in [5.74, 6) is 0. The average molecular weight is 1000 g/mol. The Labute approximate surface area is 435 Å². The summed E-state index contributed by atoms with van der Waals surface area (Å²) < 4.78 is 2.78. The number of fused-ring (bicyclic) bond motifs is 6. The van der Waals surface area contributed by atoms with Crippen LogP contribution in [0.25, 0.3) is 43.4 Å². The third-order valence-corrected chi connectivity index (χ3v) is 17.1.